The number of pyridine rings is 1. The van der Waals surface area contributed by atoms with Gasteiger partial charge in [-0.2, -0.15) is 0 Å². The lowest BCUT2D eigenvalue weighted by Crippen LogP contribution is -1.78. The number of benzene rings is 1. The van der Waals surface area contributed by atoms with E-state index in [0.717, 1.165) is 0 Å². The number of aromatic nitrogens is 1. The number of hydrogen-bond donors (Lipinski definition) is 3. The number of phenolic OH excluding ortho intramolecular Hbond substituents is 3. The first-order chi connectivity index (χ1) is 6.20. The topological polar surface area (TPSA) is 73.6 Å². The maximum Gasteiger partial charge on any atom is 0.200 e. The fraction of sp³-hybridized carbons (Fsp3) is 0. The Morgan fingerprint density at radius 1 is 1.08 bits per heavy atom. The average molecular weight is 177 g/mol. The van der Waals surface area contributed by atoms with Crippen LogP contribution >= 0.6 is 0 Å². The summed E-state index contributed by atoms with van der Waals surface area (Å²) in [5.74, 6) is -1.17. The van der Waals surface area contributed by atoms with Gasteiger partial charge in [0.15, 0.2) is 11.5 Å². The Balaban J connectivity index is 2.94. The zero-order valence-corrected chi connectivity index (χ0v) is 6.60. The summed E-state index contributed by atoms with van der Waals surface area (Å²) in [6.07, 6.45) is 2.99. The molecule has 2 aromatic rings. The van der Waals surface area contributed by atoms with Crippen LogP contribution in [0, 0.1) is 0 Å². The van der Waals surface area contributed by atoms with Crippen molar-refractivity contribution in [1.29, 1.82) is 0 Å². The first-order valence-electron chi connectivity index (χ1n) is 3.68. The van der Waals surface area contributed by atoms with Crippen LogP contribution in [0.25, 0.3) is 10.8 Å². The van der Waals surface area contributed by atoms with Crippen LogP contribution in [0.4, 0.5) is 0 Å². The number of aromatic hydroxyl groups is 3. The van der Waals surface area contributed by atoms with E-state index in [1.54, 1.807) is 6.07 Å². The molecule has 0 aliphatic carbocycles. The standard InChI is InChI=1S/C9H7NO3/c11-7-3-5-4-10-2-1-6(5)8(12)9(7)13/h1-4,11-13H. The highest BCUT2D eigenvalue weighted by Crippen LogP contribution is 2.40. The first kappa shape index (κ1) is 7.67. The predicted octanol–water partition coefficient (Wildman–Crippen LogP) is 1.35. The summed E-state index contributed by atoms with van der Waals surface area (Å²) in [4.78, 5) is 3.82. The summed E-state index contributed by atoms with van der Waals surface area (Å²) >= 11 is 0. The summed E-state index contributed by atoms with van der Waals surface area (Å²) < 4.78 is 0. The summed E-state index contributed by atoms with van der Waals surface area (Å²) in [5, 5.41) is 28.8. The van der Waals surface area contributed by atoms with Gasteiger partial charge in [0.1, 0.15) is 0 Å². The molecule has 4 heteroatoms. The van der Waals surface area contributed by atoms with Crippen molar-refractivity contribution in [3.8, 4) is 17.2 Å². The van der Waals surface area contributed by atoms with Crippen LogP contribution in [-0.4, -0.2) is 20.3 Å². The second-order valence-electron chi connectivity index (χ2n) is 2.69. The molecule has 1 aromatic heterocycles. The lowest BCUT2D eigenvalue weighted by molar-refractivity contribution is 0.371. The molecule has 0 atom stereocenters. The van der Waals surface area contributed by atoms with Crippen molar-refractivity contribution in [2.75, 3.05) is 0 Å². The molecule has 0 aliphatic heterocycles. The minimum Gasteiger partial charge on any atom is -0.504 e. The van der Waals surface area contributed by atoms with E-state index in [0.29, 0.717) is 10.8 Å². The summed E-state index contributed by atoms with van der Waals surface area (Å²) in [6, 6.07) is 2.90. The van der Waals surface area contributed by atoms with Crippen molar-refractivity contribution in [3.63, 3.8) is 0 Å². The number of rotatable bonds is 0. The molecular weight excluding hydrogens is 170 g/mol. The molecule has 0 amide bonds. The fourth-order valence-corrected chi connectivity index (χ4v) is 1.20. The largest absolute Gasteiger partial charge is 0.504 e. The lowest BCUT2D eigenvalue weighted by atomic mass is 10.1. The SMILES string of the molecule is Oc1cc2cnccc2c(O)c1O. The van der Waals surface area contributed by atoms with Gasteiger partial charge in [0.05, 0.1) is 0 Å². The monoisotopic (exact) mass is 177 g/mol. The van der Waals surface area contributed by atoms with Crippen LogP contribution in [0.5, 0.6) is 17.2 Å². The molecule has 0 aliphatic rings. The van der Waals surface area contributed by atoms with E-state index in [1.807, 2.05) is 0 Å². The normalized spacial score (nSPS) is 10.5. The van der Waals surface area contributed by atoms with Crippen molar-refractivity contribution in [2.24, 2.45) is 0 Å². The van der Waals surface area contributed by atoms with Crippen LogP contribution in [0.15, 0.2) is 24.5 Å². The summed E-state index contributed by atoms with van der Waals surface area (Å²) in [5.41, 5.74) is 0. The zero-order valence-electron chi connectivity index (χ0n) is 6.60. The van der Waals surface area contributed by atoms with E-state index in [9.17, 15) is 10.2 Å². The maximum atomic E-state index is 9.40. The van der Waals surface area contributed by atoms with Gasteiger partial charge in [0.25, 0.3) is 0 Å². The van der Waals surface area contributed by atoms with Crippen LogP contribution in [0.3, 0.4) is 0 Å². The molecule has 0 radical (unpaired) electrons. The molecule has 13 heavy (non-hydrogen) atoms. The van der Waals surface area contributed by atoms with Gasteiger partial charge in [-0.25, -0.2) is 0 Å². The molecule has 0 unspecified atom stereocenters. The van der Waals surface area contributed by atoms with Gasteiger partial charge in [-0.3, -0.25) is 4.98 Å². The zero-order chi connectivity index (χ0) is 9.42. The van der Waals surface area contributed by atoms with E-state index in [2.05, 4.69) is 4.98 Å². The molecule has 0 saturated carbocycles. The smallest absolute Gasteiger partial charge is 0.200 e. The predicted molar refractivity (Wildman–Crippen MR) is 46.7 cm³/mol. The second-order valence-corrected chi connectivity index (χ2v) is 2.69. The van der Waals surface area contributed by atoms with E-state index in [4.69, 9.17) is 5.11 Å². The van der Waals surface area contributed by atoms with Gasteiger partial charge >= 0.3 is 0 Å². The Labute approximate surface area is 73.7 Å². The number of nitrogens with zero attached hydrogens (tertiary/aromatic N) is 1. The first-order valence-corrected chi connectivity index (χ1v) is 3.68. The Bertz CT molecular complexity index is 468. The quantitative estimate of drug-likeness (QED) is 0.531. The van der Waals surface area contributed by atoms with E-state index < -0.39 is 5.75 Å². The van der Waals surface area contributed by atoms with Gasteiger partial charge in [-0.15, -0.1) is 0 Å². The highest BCUT2D eigenvalue weighted by Gasteiger charge is 2.09. The van der Waals surface area contributed by atoms with Crippen LogP contribution in [0.2, 0.25) is 0 Å². The molecule has 1 heterocycles. The molecule has 0 saturated heterocycles. The number of fused-ring (bicyclic) bond motifs is 1. The minimum atomic E-state index is -0.501. The molecule has 0 spiro atoms. The molecule has 2 rings (SSSR count). The summed E-state index contributed by atoms with van der Waals surface area (Å²) in [6.45, 7) is 0. The maximum absolute atomic E-state index is 9.40. The average Bonchev–Trinajstić information content (AvgIpc) is 2.15. The van der Waals surface area contributed by atoms with Gasteiger partial charge < -0.3 is 15.3 Å². The number of hydrogen-bond acceptors (Lipinski definition) is 4. The van der Waals surface area contributed by atoms with E-state index in [-0.39, 0.29) is 11.5 Å². The van der Waals surface area contributed by atoms with E-state index >= 15 is 0 Å². The van der Waals surface area contributed by atoms with Crippen LogP contribution in [0.1, 0.15) is 0 Å². The van der Waals surface area contributed by atoms with Crippen LogP contribution in [-0.2, 0) is 0 Å². The Morgan fingerprint density at radius 3 is 2.62 bits per heavy atom. The molecule has 66 valence electrons. The summed E-state index contributed by atoms with van der Waals surface area (Å²) in [7, 11) is 0. The fourth-order valence-electron chi connectivity index (χ4n) is 1.20. The Morgan fingerprint density at radius 2 is 1.85 bits per heavy atom. The molecule has 3 N–H and O–H groups in total. The van der Waals surface area contributed by atoms with Crippen LogP contribution < -0.4 is 0 Å². The van der Waals surface area contributed by atoms with Crippen molar-refractivity contribution in [1.82, 2.24) is 4.98 Å². The van der Waals surface area contributed by atoms with Gasteiger partial charge in [-0.1, -0.05) is 0 Å². The molecule has 1 aromatic carbocycles. The molecular formula is C9H7NO3. The highest BCUT2D eigenvalue weighted by atomic mass is 16.3. The third-order valence-electron chi connectivity index (χ3n) is 1.87. The lowest BCUT2D eigenvalue weighted by Gasteiger charge is -2.04. The second kappa shape index (κ2) is 2.52. The van der Waals surface area contributed by atoms with Gasteiger partial charge in [0, 0.05) is 23.2 Å². The van der Waals surface area contributed by atoms with E-state index in [1.165, 1.54) is 18.5 Å². The Kier molecular flexibility index (Phi) is 1.48. The van der Waals surface area contributed by atoms with Crippen molar-refractivity contribution < 1.29 is 15.3 Å². The molecule has 4 nitrogen and oxygen atoms in total. The Hall–Kier alpha value is -1.97. The highest BCUT2D eigenvalue weighted by molar-refractivity contribution is 5.91. The van der Waals surface area contributed by atoms with Gasteiger partial charge in [0.2, 0.25) is 5.75 Å². The van der Waals surface area contributed by atoms with Gasteiger partial charge in [-0.05, 0) is 12.1 Å². The molecule has 0 fully saturated rings. The third kappa shape index (κ3) is 1.03. The van der Waals surface area contributed by atoms with Crippen molar-refractivity contribution >= 4 is 10.8 Å². The van der Waals surface area contributed by atoms with Crippen molar-refractivity contribution in [2.45, 2.75) is 0 Å². The minimum absolute atomic E-state index is 0.322. The third-order valence-corrected chi connectivity index (χ3v) is 1.87. The molecule has 0 bridgehead atoms. The van der Waals surface area contributed by atoms with Crippen molar-refractivity contribution in [3.05, 3.63) is 24.5 Å². The number of phenols is 3.